The third kappa shape index (κ3) is 2.94. The van der Waals surface area contributed by atoms with Crippen LogP contribution in [0, 0.1) is 0 Å². The van der Waals surface area contributed by atoms with Gasteiger partial charge in [-0.05, 0) is 25.8 Å². The lowest BCUT2D eigenvalue weighted by Gasteiger charge is -2.07. The van der Waals surface area contributed by atoms with Gasteiger partial charge in [0.25, 0.3) is 11.6 Å². The van der Waals surface area contributed by atoms with Gasteiger partial charge in [0.1, 0.15) is 5.69 Å². The molecule has 0 aliphatic heterocycles. The van der Waals surface area contributed by atoms with Crippen molar-refractivity contribution in [2.75, 3.05) is 5.32 Å². The highest BCUT2D eigenvalue weighted by Gasteiger charge is 2.29. The van der Waals surface area contributed by atoms with Crippen molar-refractivity contribution in [3.8, 4) is 11.3 Å². The van der Waals surface area contributed by atoms with Crippen LogP contribution in [-0.4, -0.2) is 25.8 Å². The highest BCUT2D eigenvalue weighted by molar-refractivity contribution is 6.14. The van der Waals surface area contributed by atoms with Crippen molar-refractivity contribution in [2.24, 2.45) is 0 Å². The van der Waals surface area contributed by atoms with E-state index < -0.39 is 0 Å². The highest BCUT2D eigenvalue weighted by Crippen LogP contribution is 2.41. The molecule has 0 atom stereocenters. The Bertz CT molecular complexity index is 1160. The van der Waals surface area contributed by atoms with Crippen molar-refractivity contribution in [3.05, 3.63) is 59.9 Å². The van der Waals surface area contributed by atoms with Crippen LogP contribution in [0.15, 0.2) is 53.2 Å². The van der Waals surface area contributed by atoms with Crippen LogP contribution in [0.5, 0.6) is 0 Å². The summed E-state index contributed by atoms with van der Waals surface area (Å²) in [6.45, 7) is 2.74. The molecule has 28 heavy (non-hydrogen) atoms. The van der Waals surface area contributed by atoms with Crippen LogP contribution in [0.3, 0.4) is 0 Å². The van der Waals surface area contributed by atoms with Crippen molar-refractivity contribution in [1.29, 1.82) is 0 Å². The number of pyridine rings is 1. The first-order valence-corrected chi connectivity index (χ1v) is 9.43. The minimum Gasteiger partial charge on any atom is -0.335 e. The number of aryl methyl sites for hydroxylation is 1. The number of amides is 1. The molecule has 1 amide bonds. The molecule has 1 aliphatic rings. The summed E-state index contributed by atoms with van der Waals surface area (Å²) in [5, 5.41) is 12.1. The first-order valence-electron chi connectivity index (χ1n) is 9.43. The summed E-state index contributed by atoms with van der Waals surface area (Å²) in [7, 11) is 0. The number of carbonyl (C=O) groups excluding carboxylic acids is 1. The molecule has 1 fully saturated rings. The van der Waals surface area contributed by atoms with E-state index in [0.717, 1.165) is 30.6 Å². The Labute approximate surface area is 161 Å². The van der Waals surface area contributed by atoms with E-state index in [1.54, 1.807) is 10.7 Å². The third-order valence-electron chi connectivity index (χ3n) is 4.96. The summed E-state index contributed by atoms with van der Waals surface area (Å²) in [5.41, 5.74) is 3.29. The van der Waals surface area contributed by atoms with E-state index >= 15 is 0 Å². The molecule has 140 valence electrons. The van der Waals surface area contributed by atoms with Gasteiger partial charge < -0.3 is 9.84 Å². The number of carbonyl (C=O) groups is 1. The van der Waals surface area contributed by atoms with E-state index in [4.69, 9.17) is 4.52 Å². The van der Waals surface area contributed by atoms with Crippen LogP contribution in [0.25, 0.3) is 22.4 Å². The zero-order valence-electron chi connectivity index (χ0n) is 15.4. The topological polar surface area (TPSA) is 85.8 Å². The van der Waals surface area contributed by atoms with E-state index in [9.17, 15) is 4.79 Å². The second-order valence-electron chi connectivity index (χ2n) is 6.96. The fourth-order valence-electron chi connectivity index (χ4n) is 3.32. The highest BCUT2D eigenvalue weighted by atomic mass is 16.5. The normalized spacial score (nSPS) is 13.8. The number of anilines is 1. The first kappa shape index (κ1) is 16.7. The molecule has 7 heteroatoms. The minimum absolute atomic E-state index is 0.240. The lowest BCUT2D eigenvalue weighted by atomic mass is 10.0. The van der Waals surface area contributed by atoms with E-state index in [-0.39, 0.29) is 5.91 Å². The Kier molecular flexibility index (Phi) is 3.93. The maximum absolute atomic E-state index is 13.1. The molecular formula is C21H19N5O2. The molecule has 1 aliphatic carbocycles. The van der Waals surface area contributed by atoms with Gasteiger partial charge in [0.15, 0.2) is 5.82 Å². The predicted molar refractivity (Wildman–Crippen MR) is 105 cm³/mol. The summed E-state index contributed by atoms with van der Waals surface area (Å²) in [4.78, 5) is 17.8. The van der Waals surface area contributed by atoms with Gasteiger partial charge in [0.05, 0.1) is 10.9 Å². The fourth-order valence-corrected chi connectivity index (χ4v) is 3.32. The monoisotopic (exact) mass is 373 g/mol. The Morgan fingerprint density at radius 1 is 1.25 bits per heavy atom. The molecule has 0 spiro atoms. The van der Waals surface area contributed by atoms with Crippen LogP contribution in [0.4, 0.5) is 5.82 Å². The van der Waals surface area contributed by atoms with Crippen molar-refractivity contribution >= 4 is 22.8 Å². The second-order valence-corrected chi connectivity index (χ2v) is 6.96. The van der Waals surface area contributed by atoms with Gasteiger partial charge in [-0.3, -0.25) is 9.48 Å². The number of rotatable bonds is 5. The summed E-state index contributed by atoms with van der Waals surface area (Å²) in [5.74, 6) is 0.666. The summed E-state index contributed by atoms with van der Waals surface area (Å²) < 4.78 is 7.29. The Balaban J connectivity index is 1.62. The van der Waals surface area contributed by atoms with E-state index in [2.05, 4.69) is 20.6 Å². The van der Waals surface area contributed by atoms with Crippen molar-refractivity contribution in [1.82, 2.24) is 19.9 Å². The van der Waals surface area contributed by atoms with Gasteiger partial charge in [0.2, 0.25) is 0 Å². The molecular weight excluding hydrogens is 354 g/mol. The molecule has 0 saturated heterocycles. The zero-order chi connectivity index (χ0) is 19.1. The molecule has 4 aromatic rings. The molecule has 1 N–H and O–H groups in total. The summed E-state index contributed by atoms with van der Waals surface area (Å²) >= 11 is 0. The zero-order valence-corrected chi connectivity index (χ0v) is 15.4. The Morgan fingerprint density at radius 3 is 2.79 bits per heavy atom. The maximum Gasteiger partial charge on any atom is 0.259 e. The molecule has 7 nitrogen and oxygen atoms in total. The molecule has 0 unspecified atom stereocenters. The van der Waals surface area contributed by atoms with Crippen LogP contribution < -0.4 is 5.32 Å². The van der Waals surface area contributed by atoms with Gasteiger partial charge in [0, 0.05) is 36.0 Å². The van der Waals surface area contributed by atoms with E-state index in [0.29, 0.717) is 34.1 Å². The largest absolute Gasteiger partial charge is 0.335 e. The van der Waals surface area contributed by atoms with Gasteiger partial charge in [-0.2, -0.15) is 5.10 Å². The molecule has 3 aromatic heterocycles. The SMILES string of the molecule is CCn1ccc(NC(=O)c2cc(C3CC3)nc3onc(-c4ccccc4)c23)n1. The molecule has 5 rings (SSSR count). The lowest BCUT2D eigenvalue weighted by Crippen LogP contribution is -2.14. The Hall–Kier alpha value is -3.48. The van der Waals surface area contributed by atoms with Crippen molar-refractivity contribution in [2.45, 2.75) is 32.2 Å². The smallest absolute Gasteiger partial charge is 0.259 e. The molecule has 0 bridgehead atoms. The van der Waals surface area contributed by atoms with Gasteiger partial charge in [-0.15, -0.1) is 0 Å². The number of nitrogens with zero attached hydrogens (tertiary/aromatic N) is 4. The summed E-state index contributed by atoms with van der Waals surface area (Å²) in [6.07, 6.45) is 4.00. The molecule has 1 saturated carbocycles. The van der Waals surface area contributed by atoms with Gasteiger partial charge in [-0.25, -0.2) is 4.98 Å². The van der Waals surface area contributed by atoms with Crippen LogP contribution in [0.1, 0.15) is 41.7 Å². The number of nitrogens with one attached hydrogen (secondary N) is 1. The van der Waals surface area contributed by atoms with Crippen LogP contribution >= 0.6 is 0 Å². The predicted octanol–water partition coefficient (Wildman–Crippen LogP) is 4.24. The van der Waals surface area contributed by atoms with Crippen molar-refractivity contribution < 1.29 is 9.32 Å². The molecule has 3 heterocycles. The fraction of sp³-hybridized carbons (Fsp3) is 0.238. The molecule has 1 aromatic carbocycles. The van der Waals surface area contributed by atoms with Crippen molar-refractivity contribution in [3.63, 3.8) is 0 Å². The average molecular weight is 373 g/mol. The molecule has 0 radical (unpaired) electrons. The lowest BCUT2D eigenvalue weighted by molar-refractivity contribution is 0.102. The van der Waals surface area contributed by atoms with Crippen LogP contribution in [-0.2, 0) is 6.54 Å². The number of fused-ring (bicyclic) bond motifs is 1. The minimum atomic E-state index is -0.240. The number of aromatic nitrogens is 4. The van der Waals surface area contributed by atoms with Gasteiger partial charge >= 0.3 is 0 Å². The van der Waals surface area contributed by atoms with Crippen LogP contribution in [0.2, 0.25) is 0 Å². The number of hydrogen-bond donors (Lipinski definition) is 1. The number of hydrogen-bond acceptors (Lipinski definition) is 5. The van der Waals surface area contributed by atoms with E-state index in [1.807, 2.05) is 49.5 Å². The quantitative estimate of drug-likeness (QED) is 0.566. The third-order valence-corrected chi connectivity index (χ3v) is 4.96. The first-order chi connectivity index (χ1) is 13.7. The standard InChI is InChI=1S/C21H19N5O2/c1-2-26-11-10-17(24-26)23-20(27)15-12-16(13-8-9-13)22-21-18(15)19(25-28-21)14-6-4-3-5-7-14/h3-7,10-13H,2,8-9H2,1H3,(H,23,24,27). The van der Waals surface area contributed by atoms with E-state index in [1.165, 1.54) is 0 Å². The average Bonchev–Trinajstić information content (AvgIpc) is 3.34. The number of benzene rings is 1. The second kappa shape index (κ2) is 6.60. The van der Waals surface area contributed by atoms with Gasteiger partial charge in [-0.1, -0.05) is 35.5 Å². The summed E-state index contributed by atoms with van der Waals surface area (Å²) in [6, 6.07) is 13.3. The maximum atomic E-state index is 13.1. The Morgan fingerprint density at radius 2 is 2.07 bits per heavy atom.